The fourth-order valence-electron chi connectivity index (χ4n) is 3.76. The SMILES string of the molecule is CN(C)CCC[N+]1([O-])c2ccccc2C(C)(C)c2ccccc21. The van der Waals surface area contributed by atoms with Crippen LogP contribution in [0.1, 0.15) is 31.4 Å². The lowest BCUT2D eigenvalue weighted by Gasteiger charge is -2.50. The lowest BCUT2D eigenvalue weighted by Crippen LogP contribution is -2.46. The normalized spacial score (nSPS) is 17.7. The van der Waals surface area contributed by atoms with Crippen LogP contribution in [-0.2, 0) is 5.41 Å². The minimum absolute atomic E-state index is 0.138. The van der Waals surface area contributed by atoms with Crippen molar-refractivity contribution in [2.45, 2.75) is 25.7 Å². The largest absolute Gasteiger partial charge is 0.622 e. The smallest absolute Gasteiger partial charge is 0.142 e. The van der Waals surface area contributed by atoms with E-state index in [-0.39, 0.29) is 10.1 Å². The summed E-state index contributed by atoms with van der Waals surface area (Å²) in [7, 11) is 4.10. The zero-order valence-electron chi connectivity index (χ0n) is 14.5. The molecular formula is C20H26N2O. The molecule has 122 valence electrons. The molecule has 0 saturated heterocycles. The van der Waals surface area contributed by atoms with Gasteiger partial charge in [-0.15, -0.1) is 0 Å². The molecule has 0 atom stereocenters. The van der Waals surface area contributed by atoms with Gasteiger partial charge >= 0.3 is 0 Å². The van der Waals surface area contributed by atoms with Crippen molar-refractivity contribution in [3.05, 3.63) is 64.9 Å². The van der Waals surface area contributed by atoms with Crippen LogP contribution in [0.4, 0.5) is 11.4 Å². The molecule has 1 aliphatic rings. The number of para-hydroxylation sites is 2. The Bertz CT molecular complexity index is 657. The molecule has 23 heavy (non-hydrogen) atoms. The second-order valence-corrected chi connectivity index (χ2v) is 7.28. The van der Waals surface area contributed by atoms with Crippen molar-refractivity contribution < 1.29 is 0 Å². The summed E-state index contributed by atoms with van der Waals surface area (Å²) in [6.07, 6.45) is 0.875. The molecule has 3 heteroatoms. The first kappa shape index (κ1) is 16.2. The first-order chi connectivity index (χ1) is 10.9. The number of fused-ring (bicyclic) bond motifs is 2. The summed E-state index contributed by atoms with van der Waals surface area (Å²) in [5.74, 6) is 0. The number of benzene rings is 2. The molecule has 2 aromatic carbocycles. The van der Waals surface area contributed by atoms with Gasteiger partial charge in [-0.2, -0.15) is 0 Å². The maximum Gasteiger partial charge on any atom is 0.142 e. The van der Waals surface area contributed by atoms with E-state index >= 15 is 0 Å². The third-order valence-corrected chi connectivity index (χ3v) is 5.01. The predicted octanol–water partition coefficient (Wildman–Crippen LogP) is 4.41. The maximum absolute atomic E-state index is 14.0. The van der Waals surface area contributed by atoms with Crippen LogP contribution in [0.3, 0.4) is 0 Å². The van der Waals surface area contributed by atoms with E-state index in [9.17, 15) is 5.21 Å². The fourth-order valence-corrected chi connectivity index (χ4v) is 3.76. The second kappa shape index (κ2) is 5.75. The van der Waals surface area contributed by atoms with Crippen molar-refractivity contribution in [3.63, 3.8) is 0 Å². The van der Waals surface area contributed by atoms with Gasteiger partial charge < -0.3 is 10.1 Å². The molecular weight excluding hydrogens is 284 g/mol. The van der Waals surface area contributed by atoms with E-state index in [1.165, 1.54) is 0 Å². The highest BCUT2D eigenvalue weighted by molar-refractivity contribution is 5.74. The lowest BCUT2D eigenvalue weighted by molar-refractivity contribution is 0.364. The van der Waals surface area contributed by atoms with Gasteiger partial charge in [0.25, 0.3) is 0 Å². The average Bonchev–Trinajstić information content (AvgIpc) is 2.53. The van der Waals surface area contributed by atoms with Gasteiger partial charge in [-0.25, -0.2) is 0 Å². The van der Waals surface area contributed by atoms with Crippen LogP contribution >= 0.6 is 0 Å². The van der Waals surface area contributed by atoms with Gasteiger partial charge in [-0.3, -0.25) is 4.65 Å². The molecule has 2 aromatic rings. The number of hydroxylamine groups is 1. The summed E-state index contributed by atoms with van der Waals surface area (Å²) < 4.78 is -0.344. The number of nitrogens with zero attached hydrogens (tertiary/aromatic N) is 2. The number of hydrogen-bond acceptors (Lipinski definition) is 2. The zero-order chi connectivity index (χ0) is 16.7. The first-order valence-electron chi connectivity index (χ1n) is 8.31. The van der Waals surface area contributed by atoms with E-state index in [0.717, 1.165) is 35.5 Å². The number of quaternary nitrogens is 1. The molecule has 1 heterocycles. The maximum atomic E-state index is 14.0. The van der Waals surface area contributed by atoms with Gasteiger partial charge in [0.15, 0.2) is 0 Å². The topological polar surface area (TPSA) is 26.3 Å². The molecule has 3 nitrogen and oxygen atoms in total. The summed E-state index contributed by atoms with van der Waals surface area (Å²) in [4.78, 5) is 2.14. The fraction of sp³-hybridized carbons (Fsp3) is 0.400. The molecule has 0 unspecified atom stereocenters. The minimum atomic E-state index is -0.344. The molecule has 0 bridgehead atoms. The summed E-state index contributed by atoms with van der Waals surface area (Å²) in [5.41, 5.74) is 3.96. The standard InChI is InChI=1S/C20H26N2O/c1-20(2)16-10-5-7-12-18(16)22(23,15-9-14-21(3)4)19-13-8-6-11-17(19)20/h5-8,10-13H,9,14-15H2,1-4H3. The van der Waals surface area contributed by atoms with Crippen LogP contribution in [0, 0.1) is 5.21 Å². The van der Waals surface area contributed by atoms with Gasteiger partial charge in [-0.1, -0.05) is 50.2 Å². The van der Waals surface area contributed by atoms with Gasteiger partial charge in [0.1, 0.15) is 11.4 Å². The van der Waals surface area contributed by atoms with Gasteiger partial charge in [0, 0.05) is 41.6 Å². The Morgan fingerprint density at radius 1 is 0.913 bits per heavy atom. The highest BCUT2D eigenvalue weighted by atomic mass is 16.5. The molecule has 0 spiro atoms. The van der Waals surface area contributed by atoms with Gasteiger partial charge in [0.05, 0.1) is 6.54 Å². The van der Waals surface area contributed by atoms with E-state index < -0.39 is 0 Å². The zero-order valence-corrected chi connectivity index (χ0v) is 14.5. The van der Waals surface area contributed by atoms with E-state index in [1.54, 1.807) is 0 Å². The van der Waals surface area contributed by atoms with Crippen molar-refractivity contribution in [2.75, 3.05) is 27.2 Å². The highest BCUT2D eigenvalue weighted by Crippen LogP contribution is 2.52. The number of rotatable bonds is 4. The van der Waals surface area contributed by atoms with E-state index in [4.69, 9.17) is 0 Å². The van der Waals surface area contributed by atoms with Crippen LogP contribution in [0.2, 0.25) is 0 Å². The summed E-state index contributed by atoms with van der Waals surface area (Å²) in [6.45, 7) is 5.93. The minimum Gasteiger partial charge on any atom is -0.622 e. The second-order valence-electron chi connectivity index (χ2n) is 7.28. The van der Waals surface area contributed by atoms with Crippen molar-refractivity contribution in [3.8, 4) is 0 Å². The van der Waals surface area contributed by atoms with E-state index in [0.29, 0.717) is 6.54 Å². The molecule has 0 radical (unpaired) electrons. The Balaban J connectivity index is 2.13. The summed E-state index contributed by atoms with van der Waals surface area (Å²) in [6, 6.07) is 16.3. The van der Waals surface area contributed by atoms with Gasteiger partial charge in [0.2, 0.25) is 0 Å². The Hall–Kier alpha value is -1.68. The molecule has 0 saturated carbocycles. The Labute approximate surface area is 139 Å². The number of hydrogen-bond donors (Lipinski definition) is 0. The molecule has 0 N–H and O–H groups in total. The average molecular weight is 310 g/mol. The van der Waals surface area contributed by atoms with Crippen molar-refractivity contribution in [1.29, 1.82) is 0 Å². The Morgan fingerprint density at radius 2 is 1.39 bits per heavy atom. The van der Waals surface area contributed by atoms with Crippen LogP contribution in [0.5, 0.6) is 0 Å². The molecule has 3 rings (SSSR count). The van der Waals surface area contributed by atoms with Gasteiger partial charge in [-0.05, 0) is 14.1 Å². The monoisotopic (exact) mass is 310 g/mol. The highest BCUT2D eigenvalue weighted by Gasteiger charge is 2.42. The van der Waals surface area contributed by atoms with Crippen molar-refractivity contribution in [2.24, 2.45) is 0 Å². The quantitative estimate of drug-likeness (QED) is 0.617. The van der Waals surface area contributed by atoms with Crippen molar-refractivity contribution >= 4 is 11.4 Å². The molecule has 1 aliphatic heterocycles. The van der Waals surface area contributed by atoms with Crippen molar-refractivity contribution in [1.82, 2.24) is 9.55 Å². The van der Waals surface area contributed by atoms with Crippen LogP contribution < -0.4 is 4.65 Å². The van der Waals surface area contributed by atoms with Crippen LogP contribution in [0.15, 0.2) is 48.5 Å². The Kier molecular flexibility index (Phi) is 4.05. The molecule has 0 aromatic heterocycles. The van der Waals surface area contributed by atoms with E-state index in [1.807, 2.05) is 36.4 Å². The van der Waals surface area contributed by atoms with E-state index in [2.05, 4.69) is 45.0 Å². The van der Waals surface area contributed by atoms with Crippen LogP contribution in [0.25, 0.3) is 0 Å². The summed E-state index contributed by atoms with van der Waals surface area (Å²) in [5, 5.41) is 14.0. The molecule has 0 amide bonds. The first-order valence-corrected chi connectivity index (χ1v) is 8.31. The molecule has 0 fully saturated rings. The van der Waals surface area contributed by atoms with Crippen LogP contribution in [-0.4, -0.2) is 32.1 Å². The Morgan fingerprint density at radius 3 is 1.87 bits per heavy atom. The third-order valence-electron chi connectivity index (χ3n) is 5.01. The summed E-state index contributed by atoms with van der Waals surface area (Å²) >= 11 is 0. The third kappa shape index (κ3) is 2.59. The predicted molar refractivity (Wildman–Crippen MR) is 97.9 cm³/mol. The lowest BCUT2D eigenvalue weighted by atomic mass is 9.73. The molecule has 0 aliphatic carbocycles.